The van der Waals surface area contributed by atoms with Crippen molar-refractivity contribution in [3.63, 3.8) is 0 Å². The highest BCUT2D eigenvalue weighted by Gasteiger charge is 2.19. The van der Waals surface area contributed by atoms with Gasteiger partial charge in [0.05, 0.1) is 41.7 Å². The Labute approximate surface area is 262 Å². The van der Waals surface area contributed by atoms with E-state index in [1.54, 1.807) is 55.6 Å². The molecule has 11 heteroatoms. The molecule has 0 unspecified atom stereocenters. The Morgan fingerprint density at radius 3 is 2.56 bits per heavy atom. The van der Waals surface area contributed by atoms with E-state index in [2.05, 4.69) is 10.4 Å². The molecule has 1 N–H and O–H groups in total. The van der Waals surface area contributed by atoms with E-state index in [-0.39, 0.29) is 34.9 Å². The maximum Gasteiger partial charge on any atom is 0.282 e. The number of halogens is 1. The second-order valence-corrected chi connectivity index (χ2v) is 10.4. The molecule has 0 saturated heterocycles. The van der Waals surface area contributed by atoms with E-state index in [1.807, 2.05) is 43.3 Å². The Morgan fingerprint density at radius 2 is 1.76 bits per heavy atom. The standard InChI is InChI=1S/C34H27ClN4O6/c1-20-9-4-6-11-25(20)37-31(40)19-44-32-24(35)15-21(16-29(32)43-3)18-36-39-33(38-26-12-7-5-10-22(26)34(39)41)30-17-23-27(42-2)13-8-14-28(23)45-30/h4-18H,19H2,1-3H3,(H,37,40). The molecular formula is C34H27ClN4O6. The van der Waals surface area contributed by atoms with Gasteiger partial charge in [-0.2, -0.15) is 9.78 Å². The minimum Gasteiger partial charge on any atom is -0.496 e. The van der Waals surface area contributed by atoms with Crippen molar-refractivity contribution in [2.24, 2.45) is 5.10 Å². The Hall–Kier alpha value is -5.61. The molecule has 0 fully saturated rings. The van der Waals surface area contributed by atoms with Crippen molar-refractivity contribution >= 4 is 51.3 Å². The van der Waals surface area contributed by atoms with Crippen molar-refractivity contribution in [1.29, 1.82) is 0 Å². The van der Waals surface area contributed by atoms with Gasteiger partial charge in [0.2, 0.25) is 5.82 Å². The van der Waals surface area contributed by atoms with Crippen LogP contribution < -0.4 is 25.1 Å². The molecule has 0 saturated carbocycles. The molecule has 45 heavy (non-hydrogen) atoms. The SMILES string of the molecule is COc1cc(C=Nn2c(-c3cc4c(OC)cccc4o3)nc3ccccc3c2=O)cc(Cl)c1OCC(=O)Nc1ccccc1C. The number of aromatic nitrogens is 2. The monoisotopic (exact) mass is 622 g/mol. The number of nitrogens with zero attached hydrogens (tertiary/aromatic N) is 3. The topological polar surface area (TPSA) is 117 Å². The zero-order valence-electron chi connectivity index (χ0n) is 24.5. The molecule has 4 aromatic carbocycles. The summed E-state index contributed by atoms with van der Waals surface area (Å²) in [5, 5.41) is 8.62. The molecule has 1 amide bonds. The summed E-state index contributed by atoms with van der Waals surface area (Å²) in [6.07, 6.45) is 1.45. The lowest BCUT2D eigenvalue weighted by Gasteiger charge is -2.14. The third-order valence-electron chi connectivity index (χ3n) is 7.06. The van der Waals surface area contributed by atoms with Gasteiger partial charge in [-0.05, 0) is 66.6 Å². The Morgan fingerprint density at radius 1 is 0.978 bits per heavy atom. The van der Waals surface area contributed by atoms with Crippen molar-refractivity contribution in [2.75, 3.05) is 26.1 Å². The molecule has 0 bridgehead atoms. The summed E-state index contributed by atoms with van der Waals surface area (Å²) in [5.74, 6) is 1.27. The summed E-state index contributed by atoms with van der Waals surface area (Å²) >= 11 is 6.57. The first-order valence-electron chi connectivity index (χ1n) is 13.8. The number of amides is 1. The molecule has 10 nitrogen and oxygen atoms in total. The van der Waals surface area contributed by atoms with E-state index < -0.39 is 5.56 Å². The summed E-state index contributed by atoms with van der Waals surface area (Å²) in [4.78, 5) is 30.9. The van der Waals surface area contributed by atoms with Gasteiger partial charge < -0.3 is 23.9 Å². The van der Waals surface area contributed by atoms with Gasteiger partial charge in [0.1, 0.15) is 11.3 Å². The molecule has 2 heterocycles. The Bertz CT molecular complexity index is 2150. The minimum absolute atomic E-state index is 0.188. The molecule has 6 rings (SSSR count). The number of hydrogen-bond acceptors (Lipinski definition) is 8. The van der Waals surface area contributed by atoms with Gasteiger partial charge in [-0.3, -0.25) is 9.59 Å². The number of furan rings is 1. The second kappa shape index (κ2) is 12.6. The summed E-state index contributed by atoms with van der Waals surface area (Å²) < 4.78 is 24.0. The van der Waals surface area contributed by atoms with Crippen molar-refractivity contribution in [2.45, 2.75) is 6.92 Å². The molecule has 0 spiro atoms. The average Bonchev–Trinajstić information content (AvgIpc) is 3.49. The van der Waals surface area contributed by atoms with Crippen LogP contribution in [-0.4, -0.2) is 42.6 Å². The summed E-state index contributed by atoms with van der Waals surface area (Å²) in [6.45, 7) is 1.61. The summed E-state index contributed by atoms with van der Waals surface area (Å²) in [5.41, 5.74) is 2.79. The highest BCUT2D eigenvalue weighted by molar-refractivity contribution is 6.32. The van der Waals surface area contributed by atoms with Gasteiger partial charge in [0, 0.05) is 5.69 Å². The van der Waals surface area contributed by atoms with Crippen LogP contribution in [0.1, 0.15) is 11.1 Å². The van der Waals surface area contributed by atoms with Crippen molar-refractivity contribution in [3.05, 3.63) is 111 Å². The largest absolute Gasteiger partial charge is 0.496 e. The number of ether oxygens (including phenoxy) is 3. The predicted octanol–water partition coefficient (Wildman–Crippen LogP) is 6.69. The number of para-hydroxylation sites is 2. The van der Waals surface area contributed by atoms with E-state index >= 15 is 0 Å². The molecule has 0 aliphatic carbocycles. The fraction of sp³-hybridized carbons (Fsp3) is 0.118. The Kier molecular flexibility index (Phi) is 8.22. The van der Waals surface area contributed by atoms with Crippen LogP contribution >= 0.6 is 11.6 Å². The lowest BCUT2D eigenvalue weighted by Crippen LogP contribution is -2.21. The van der Waals surface area contributed by atoms with E-state index in [4.69, 9.17) is 35.2 Å². The average molecular weight is 623 g/mol. The lowest BCUT2D eigenvalue weighted by atomic mass is 10.2. The molecule has 0 aliphatic heterocycles. The third-order valence-corrected chi connectivity index (χ3v) is 7.34. The van der Waals surface area contributed by atoms with Crippen LogP contribution in [0.15, 0.2) is 99.2 Å². The fourth-order valence-corrected chi connectivity index (χ4v) is 5.10. The molecular weight excluding hydrogens is 596 g/mol. The number of benzene rings is 4. The number of methoxy groups -OCH3 is 2. The number of nitrogens with one attached hydrogen (secondary N) is 1. The van der Waals surface area contributed by atoms with E-state index in [9.17, 15) is 9.59 Å². The van der Waals surface area contributed by atoms with E-state index in [1.165, 1.54) is 18.0 Å². The van der Waals surface area contributed by atoms with Crippen LogP contribution in [0.4, 0.5) is 5.69 Å². The van der Waals surface area contributed by atoms with Crippen LogP contribution in [0.3, 0.4) is 0 Å². The first-order valence-corrected chi connectivity index (χ1v) is 14.2. The quantitative estimate of drug-likeness (QED) is 0.179. The number of fused-ring (bicyclic) bond motifs is 2. The molecule has 0 radical (unpaired) electrons. The highest BCUT2D eigenvalue weighted by Crippen LogP contribution is 2.36. The normalized spacial score (nSPS) is 11.3. The predicted molar refractivity (Wildman–Crippen MR) is 174 cm³/mol. The maximum absolute atomic E-state index is 13.7. The van der Waals surface area contributed by atoms with Crippen molar-refractivity contribution in [1.82, 2.24) is 9.66 Å². The molecule has 6 aromatic rings. The van der Waals surface area contributed by atoms with Gasteiger partial charge in [0.25, 0.3) is 11.5 Å². The molecule has 2 aromatic heterocycles. The smallest absolute Gasteiger partial charge is 0.282 e. The van der Waals surface area contributed by atoms with Crippen LogP contribution in [0, 0.1) is 6.92 Å². The fourth-order valence-electron chi connectivity index (χ4n) is 4.83. The molecule has 226 valence electrons. The molecule has 0 atom stereocenters. The number of aryl methyl sites for hydroxylation is 1. The zero-order chi connectivity index (χ0) is 31.5. The number of rotatable bonds is 9. The van der Waals surface area contributed by atoms with Crippen LogP contribution in [-0.2, 0) is 4.79 Å². The van der Waals surface area contributed by atoms with Gasteiger partial charge in [0.15, 0.2) is 23.9 Å². The first-order chi connectivity index (χ1) is 21.9. The van der Waals surface area contributed by atoms with Crippen LogP contribution in [0.25, 0.3) is 33.5 Å². The van der Waals surface area contributed by atoms with Gasteiger partial charge >= 0.3 is 0 Å². The third kappa shape index (κ3) is 5.96. The Balaban J connectivity index is 1.33. The van der Waals surface area contributed by atoms with Crippen molar-refractivity contribution in [3.8, 4) is 28.8 Å². The number of carbonyl (C=O) groups excluding carboxylic acids is 1. The van der Waals surface area contributed by atoms with Crippen LogP contribution in [0.2, 0.25) is 5.02 Å². The molecule has 0 aliphatic rings. The zero-order valence-corrected chi connectivity index (χ0v) is 25.3. The van der Waals surface area contributed by atoms with Gasteiger partial charge in [-0.15, -0.1) is 0 Å². The summed E-state index contributed by atoms with van der Waals surface area (Å²) in [6, 6.07) is 24.9. The van der Waals surface area contributed by atoms with Crippen molar-refractivity contribution < 1.29 is 23.4 Å². The number of carbonyl (C=O) groups is 1. The first kappa shape index (κ1) is 29.5. The summed E-state index contributed by atoms with van der Waals surface area (Å²) in [7, 11) is 3.03. The van der Waals surface area contributed by atoms with Gasteiger partial charge in [-0.25, -0.2) is 4.98 Å². The number of hydrogen-bond donors (Lipinski definition) is 1. The van der Waals surface area contributed by atoms with Crippen LogP contribution in [0.5, 0.6) is 17.2 Å². The highest BCUT2D eigenvalue weighted by atomic mass is 35.5. The minimum atomic E-state index is -0.392. The van der Waals surface area contributed by atoms with Gasteiger partial charge in [-0.1, -0.05) is 48.0 Å². The van der Waals surface area contributed by atoms with E-state index in [0.29, 0.717) is 39.2 Å². The second-order valence-electron chi connectivity index (χ2n) is 9.98. The lowest BCUT2D eigenvalue weighted by molar-refractivity contribution is -0.118. The van der Waals surface area contributed by atoms with E-state index in [0.717, 1.165) is 10.9 Å². The number of anilines is 1. The maximum atomic E-state index is 13.7.